The summed E-state index contributed by atoms with van der Waals surface area (Å²) in [5, 5.41) is 2.75. The zero-order chi connectivity index (χ0) is 18.5. The lowest BCUT2D eigenvalue weighted by atomic mass is 9.96. The molecule has 0 unspecified atom stereocenters. The number of rotatable bonds is 6. The van der Waals surface area contributed by atoms with Crippen molar-refractivity contribution in [3.05, 3.63) is 82.9 Å². The predicted octanol–water partition coefficient (Wildman–Crippen LogP) is 4.94. The van der Waals surface area contributed by atoms with Gasteiger partial charge in [0.1, 0.15) is 0 Å². The SMILES string of the molecule is Cl.Cl.Cl.Nc1nc(CCN2CCN(C(c3ccccc3)c3ccccc3)CC2)cs1. The van der Waals surface area contributed by atoms with Crippen LogP contribution in [0, 0.1) is 0 Å². The summed E-state index contributed by atoms with van der Waals surface area (Å²) in [6.07, 6.45) is 0.981. The molecule has 0 bridgehead atoms. The summed E-state index contributed by atoms with van der Waals surface area (Å²) >= 11 is 1.53. The summed E-state index contributed by atoms with van der Waals surface area (Å²) in [7, 11) is 0. The van der Waals surface area contributed by atoms with E-state index >= 15 is 0 Å². The molecule has 1 saturated heterocycles. The minimum absolute atomic E-state index is 0. The van der Waals surface area contributed by atoms with Crippen molar-refractivity contribution in [1.82, 2.24) is 14.8 Å². The molecular formula is C22H29Cl3N4S. The molecule has 4 nitrogen and oxygen atoms in total. The molecule has 3 aromatic rings. The van der Waals surface area contributed by atoms with Crippen LogP contribution >= 0.6 is 48.6 Å². The predicted molar refractivity (Wildman–Crippen MR) is 135 cm³/mol. The van der Waals surface area contributed by atoms with Gasteiger partial charge in [-0.3, -0.25) is 4.90 Å². The Kier molecular flexibility index (Phi) is 11.7. The van der Waals surface area contributed by atoms with E-state index in [1.54, 1.807) is 0 Å². The molecule has 0 atom stereocenters. The van der Waals surface area contributed by atoms with Crippen molar-refractivity contribution in [2.45, 2.75) is 12.5 Å². The summed E-state index contributed by atoms with van der Waals surface area (Å²) < 4.78 is 0. The van der Waals surface area contributed by atoms with Crippen LogP contribution in [0.3, 0.4) is 0 Å². The van der Waals surface area contributed by atoms with Crippen LogP contribution in [-0.4, -0.2) is 47.5 Å². The summed E-state index contributed by atoms with van der Waals surface area (Å²) in [4.78, 5) is 9.53. The topological polar surface area (TPSA) is 45.4 Å². The molecule has 2 heterocycles. The lowest BCUT2D eigenvalue weighted by Gasteiger charge is -2.39. The van der Waals surface area contributed by atoms with Crippen LogP contribution in [0.1, 0.15) is 22.9 Å². The largest absolute Gasteiger partial charge is 0.375 e. The number of piperazine rings is 1. The number of nitrogens with two attached hydrogens (primary N) is 1. The quantitative estimate of drug-likeness (QED) is 0.535. The Labute approximate surface area is 201 Å². The fourth-order valence-electron chi connectivity index (χ4n) is 3.84. The Morgan fingerprint density at radius 2 is 1.37 bits per heavy atom. The molecule has 1 aliphatic rings. The third-order valence-electron chi connectivity index (χ3n) is 5.26. The lowest BCUT2D eigenvalue weighted by Crippen LogP contribution is -2.48. The minimum atomic E-state index is 0. The molecule has 0 amide bonds. The number of aromatic nitrogens is 1. The van der Waals surface area contributed by atoms with Crippen LogP contribution in [0.5, 0.6) is 0 Å². The van der Waals surface area contributed by atoms with E-state index in [1.165, 1.54) is 22.5 Å². The molecule has 1 aromatic heterocycles. The molecule has 1 fully saturated rings. The van der Waals surface area contributed by atoms with Gasteiger partial charge in [-0.05, 0) is 11.1 Å². The Balaban J connectivity index is 0.00000150. The van der Waals surface area contributed by atoms with Crippen molar-refractivity contribution in [3.63, 3.8) is 0 Å². The van der Waals surface area contributed by atoms with Crippen LogP contribution < -0.4 is 5.73 Å². The summed E-state index contributed by atoms with van der Waals surface area (Å²) in [6, 6.07) is 22.1. The lowest BCUT2D eigenvalue weighted by molar-refractivity contribution is 0.110. The van der Waals surface area contributed by atoms with Crippen molar-refractivity contribution in [2.24, 2.45) is 0 Å². The van der Waals surface area contributed by atoms with E-state index in [9.17, 15) is 0 Å². The highest BCUT2D eigenvalue weighted by molar-refractivity contribution is 7.13. The molecule has 2 N–H and O–H groups in total. The van der Waals surface area contributed by atoms with Crippen LogP contribution in [0.25, 0.3) is 0 Å². The maximum Gasteiger partial charge on any atom is 0.180 e. The Morgan fingerprint density at radius 1 is 0.833 bits per heavy atom. The summed E-state index contributed by atoms with van der Waals surface area (Å²) in [5.41, 5.74) is 9.59. The Hall–Kier alpha value is -1.34. The van der Waals surface area contributed by atoms with Crippen LogP contribution in [0.4, 0.5) is 5.13 Å². The van der Waals surface area contributed by atoms with Gasteiger partial charge in [-0.1, -0.05) is 60.7 Å². The van der Waals surface area contributed by atoms with Crippen molar-refractivity contribution >= 4 is 53.7 Å². The fraction of sp³-hybridized carbons (Fsp3) is 0.318. The first kappa shape index (κ1) is 26.7. The number of halogens is 3. The van der Waals surface area contributed by atoms with Gasteiger partial charge in [0, 0.05) is 44.5 Å². The number of nitrogens with zero attached hydrogens (tertiary/aromatic N) is 3. The molecule has 4 rings (SSSR count). The third kappa shape index (κ3) is 6.84. The van der Waals surface area contributed by atoms with E-state index in [1.807, 2.05) is 0 Å². The van der Waals surface area contributed by atoms with Crippen LogP contribution in [-0.2, 0) is 6.42 Å². The van der Waals surface area contributed by atoms with Gasteiger partial charge in [-0.25, -0.2) is 4.98 Å². The Morgan fingerprint density at radius 3 is 1.83 bits per heavy atom. The van der Waals surface area contributed by atoms with Crippen LogP contribution in [0.15, 0.2) is 66.0 Å². The number of hydrogen-bond acceptors (Lipinski definition) is 5. The van der Waals surface area contributed by atoms with Crippen molar-refractivity contribution in [2.75, 3.05) is 38.5 Å². The average molecular weight is 488 g/mol. The standard InChI is InChI=1S/C22H26N4S.3ClH/c23-22-24-20(17-27-22)11-12-25-13-15-26(16-14-25)21(18-7-3-1-4-8-18)19-9-5-2-6-10-19;;;/h1-10,17,21H,11-16H2,(H2,23,24);3*1H. The summed E-state index contributed by atoms with van der Waals surface area (Å²) in [5.74, 6) is 0. The van der Waals surface area contributed by atoms with Gasteiger partial charge in [0.2, 0.25) is 0 Å². The number of hydrogen-bond donors (Lipinski definition) is 1. The van der Waals surface area contributed by atoms with E-state index in [0.717, 1.165) is 44.8 Å². The van der Waals surface area contributed by atoms with Gasteiger partial charge in [-0.2, -0.15) is 0 Å². The second-order valence-corrected chi connectivity index (χ2v) is 7.92. The van der Waals surface area contributed by atoms with E-state index in [2.05, 4.69) is 80.8 Å². The minimum Gasteiger partial charge on any atom is -0.375 e. The normalized spacial score (nSPS) is 14.4. The van der Waals surface area contributed by atoms with Crippen molar-refractivity contribution in [3.8, 4) is 0 Å². The molecule has 0 saturated carbocycles. The third-order valence-corrected chi connectivity index (χ3v) is 5.98. The summed E-state index contributed by atoms with van der Waals surface area (Å²) in [6.45, 7) is 5.39. The number of anilines is 1. The molecule has 164 valence electrons. The van der Waals surface area contributed by atoms with Gasteiger partial charge < -0.3 is 10.6 Å². The van der Waals surface area contributed by atoms with Gasteiger partial charge in [0.05, 0.1) is 11.7 Å². The zero-order valence-corrected chi connectivity index (χ0v) is 20.0. The second-order valence-electron chi connectivity index (χ2n) is 7.03. The number of thiazole rings is 1. The second kappa shape index (κ2) is 13.2. The highest BCUT2D eigenvalue weighted by Gasteiger charge is 2.26. The molecule has 0 spiro atoms. The molecular weight excluding hydrogens is 459 g/mol. The first-order valence-corrected chi connectivity index (χ1v) is 10.4. The van der Waals surface area contributed by atoms with Gasteiger partial charge >= 0.3 is 0 Å². The number of nitrogen functional groups attached to an aromatic ring is 1. The molecule has 0 aliphatic carbocycles. The zero-order valence-electron chi connectivity index (χ0n) is 16.7. The highest BCUT2D eigenvalue weighted by Crippen LogP contribution is 2.29. The molecule has 0 radical (unpaired) electrons. The van der Waals surface area contributed by atoms with E-state index in [4.69, 9.17) is 5.73 Å². The number of benzene rings is 2. The van der Waals surface area contributed by atoms with E-state index in [-0.39, 0.29) is 37.2 Å². The smallest absolute Gasteiger partial charge is 0.180 e. The maximum atomic E-state index is 5.74. The van der Waals surface area contributed by atoms with Crippen LogP contribution in [0.2, 0.25) is 0 Å². The Bertz CT molecular complexity index is 800. The molecule has 1 aliphatic heterocycles. The first-order chi connectivity index (χ1) is 13.3. The van der Waals surface area contributed by atoms with Crippen molar-refractivity contribution in [1.29, 1.82) is 0 Å². The van der Waals surface area contributed by atoms with Gasteiger partial charge in [0.15, 0.2) is 5.13 Å². The fourth-order valence-corrected chi connectivity index (χ4v) is 4.44. The van der Waals surface area contributed by atoms with Gasteiger partial charge in [0.25, 0.3) is 0 Å². The maximum absolute atomic E-state index is 5.74. The average Bonchev–Trinajstić information content (AvgIpc) is 3.14. The van der Waals surface area contributed by atoms with E-state index < -0.39 is 0 Å². The molecule has 2 aromatic carbocycles. The van der Waals surface area contributed by atoms with E-state index in [0.29, 0.717) is 11.2 Å². The molecule has 8 heteroatoms. The first-order valence-electron chi connectivity index (χ1n) is 9.56. The highest BCUT2D eigenvalue weighted by atomic mass is 35.5. The van der Waals surface area contributed by atoms with Gasteiger partial charge in [-0.15, -0.1) is 48.6 Å². The monoisotopic (exact) mass is 486 g/mol. The molecule has 30 heavy (non-hydrogen) atoms. The van der Waals surface area contributed by atoms with Crippen molar-refractivity contribution < 1.29 is 0 Å².